The Balaban J connectivity index is 1.53. The summed E-state index contributed by atoms with van der Waals surface area (Å²) in [5, 5.41) is 0. The smallest absolute Gasteiger partial charge is 0.0398 e. The molecular formula is C25H32N2S. The molecule has 3 heteroatoms. The van der Waals surface area contributed by atoms with Gasteiger partial charge in [-0.15, -0.1) is 0 Å². The van der Waals surface area contributed by atoms with Gasteiger partial charge in [0.25, 0.3) is 0 Å². The Kier molecular flexibility index (Phi) is 6.43. The van der Waals surface area contributed by atoms with Gasteiger partial charge in [-0.3, -0.25) is 0 Å². The summed E-state index contributed by atoms with van der Waals surface area (Å²) in [5.41, 5.74) is 5.64. The van der Waals surface area contributed by atoms with Gasteiger partial charge < -0.3 is 4.90 Å². The van der Waals surface area contributed by atoms with Crippen LogP contribution >= 0.6 is 11.9 Å². The minimum Gasteiger partial charge on any atom is -0.372 e. The summed E-state index contributed by atoms with van der Waals surface area (Å²) in [5.74, 6) is 0. The number of hydrogen-bond donors (Lipinski definition) is 0. The van der Waals surface area contributed by atoms with Crippen LogP contribution in [-0.4, -0.2) is 23.4 Å². The van der Waals surface area contributed by atoms with Crippen molar-refractivity contribution in [2.45, 2.75) is 62.9 Å². The first kappa shape index (κ1) is 19.6. The van der Waals surface area contributed by atoms with Gasteiger partial charge in [-0.25, -0.2) is 4.31 Å². The van der Waals surface area contributed by atoms with Crippen LogP contribution in [0.2, 0.25) is 0 Å². The molecule has 2 aromatic carbocycles. The molecule has 0 amide bonds. The fourth-order valence-electron chi connectivity index (χ4n) is 4.56. The molecule has 148 valence electrons. The molecule has 2 aliphatic rings. The van der Waals surface area contributed by atoms with Gasteiger partial charge in [-0.1, -0.05) is 49.8 Å². The van der Waals surface area contributed by atoms with Gasteiger partial charge in [-0.2, -0.15) is 0 Å². The normalized spacial score (nSPS) is 17.1. The summed E-state index contributed by atoms with van der Waals surface area (Å²) in [6.07, 6.45) is 9.80. The van der Waals surface area contributed by atoms with Gasteiger partial charge in [-0.05, 0) is 79.4 Å². The number of aryl methyl sites for hydroxylation is 1. The van der Waals surface area contributed by atoms with Crippen LogP contribution in [0.15, 0.2) is 53.9 Å². The molecule has 28 heavy (non-hydrogen) atoms. The Morgan fingerprint density at radius 3 is 2.61 bits per heavy atom. The van der Waals surface area contributed by atoms with Gasteiger partial charge in [0.1, 0.15) is 0 Å². The summed E-state index contributed by atoms with van der Waals surface area (Å²) >= 11 is 1.93. The summed E-state index contributed by atoms with van der Waals surface area (Å²) in [6, 6.07) is 16.7. The molecule has 1 heterocycles. The number of nitrogens with zero attached hydrogens (tertiary/aromatic N) is 2. The second-order valence-corrected chi connectivity index (χ2v) is 9.15. The minimum atomic E-state index is 0.687. The topological polar surface area (TPSA) is 6.48 Å². The van der Waals surface area contributed by atoms with Crippen molar-refractivity contribution >= 4 is 23.7 Å². The van der Waals surface area contributed by atoms with Crippen molar-refractivity contribution in [1.29, 1.82) is 0 Å². The van der Waals surface area contributed by atoms with Crippen molar-refractivity contribution < 1.29 is 0 Å². The van der Waals surface area contributed by atoms with Crippen molar-refractivity contribution in [1.82, 2.24) is 4.31 Å². The summed E-state index contributed by atoms with van der Waals surface area (Å²) in [7, 11) is 0. The molecule has 1 aliphatic carbocycles. The van der Waals surface area contributed by atoms with Gasteiger partial charge in [0.15, 0.2) is 0 Å². The van der Waals surface area contributed by atoms with E-state index < -0.39 is 0 Å². The first-order valence-corrected chi connectivity index (χ1v) is 11.6. The lowest BCUT2D eigenvalue weighted by Gasteiger charge is -2.32. The van der Waals surface area contributed by atoms with E-state index in [1.807, 2.05) is 18.0 Å². The highest BCUT2D eigenvalue weighted by molar-refractivity contribution is 7.97. The van der Waals surface area contributed by atoms with Gasteiger partial charge in [0.05, 0.1) is 0 Å². The third-order valence-electron chi connectivity index (χ3n) is 6.15. The van der Waals surface area contributed by atoms with Crippen molar-refractivity contribution in [2.24, 2.45) is 0 Å². The molecule has 0 N–H and O–H groups in total. The molecule has 1 aliphatic heterocycles. The fraction of sp³-hybridized carbons (Fsp3) is 0.440. The number of hydrogen-bond acceptors (Lipinski definition) is 3. The van der Waals surface area contributed by atoms with Crippen LogP contribution in [0.3, 0.4) is 0 Å². The highest BCUT2D eigenvalue weighted by atomic mass is 32.2. The van der Waals surface area contributed by atoms with Crippen LogP contribution in [0.25, 0.3) is 6.08 Å². The molecule has 1 fully saturated rings. The Hall–Kier alpha value is -1.71. The lowest BCUT2D eigenvalue weighted by Crippen LogP contribution is -2.29. The molecule has 4 rings (SSSR count). The van der Waals surface area contributed by atoms with E-state index in [1.54, 1.807) is 0 Å². The first-order chi connectivity index (χ1) is 13.8. The molecule has 1 saturated carbocycles. The lowest BCUT2D eigenvalue weighted by atomic mass is 9.99. The highest BCUT2D eigenvalue weighted by Gasteiger charge is 2.24. The van der Waals surface area contributed by atoms with Crippen LogP contribution in [0.1, 0.15) is 55.7 Å². The predicted molar refractivity (Wildman–Crippen MR) is 123 cm³/mol. The molecular weight excluding hydrogens is 360 g/mol. The zero-order valence-corrected chi connectivity index (χ0v) is 17.9. The van der Waals surface area contributed by atoms with Crippen molar-refractivity contribution in [2.75, 3.05) is 18.0 Å². The summed E-state index contributed by atoms with van der Waals surface area (Å²) in [6.45, 7) is 9.47. The molecule has 0 saturated heterocycles. The number of benzene rings is 2. The zero-order chi connectivity index (χ0) is 19.3. The Labute approximate surface area is 174 Å². The maximum absolute atomic E-state index is 3.87. The lowest BCUT2D eigenvalue weighted by molar-refractivity contribution is 0.350. The predicted octanol–water partition coefficient (Wildman–Crippen LogP) is 6.55. The highest BCUT2D eigenvalue weighted by Crippen LogP contribution is 2.35. The Morgan fingerprint density at radius 2 is 1.89 bits per heavy atom. The Bertz CT molecular complexity index is 793. The van der Waals surface area contributed by atoms with Crippen molar-refractivity contribution in [3.05, 3.63) is 65.7 Å². The van der Waals surface area contributed by atoms with Crippen molar-refractivity contribution in [3.8, 4) is 0 Å². The average Bonchev–Trinajstić information content (AvgIpc) is 3.28. The summed E-state index contributed by atoms with van der Waals surface area (Å²) < 4.78 is 2.64. The van der Waals surface area contributed by atoms with Gasteiger partial charge in [0, 0.05) is 36.3 Å². The standard InChI is InChI=1S/C25H32N2S/c1-3-20-11-14-24(15-12-20)28-27(23-9-5-6-10-23)19-21-13-16-25-22(18-21)8-7-17-26(25)4-2/h3,11-16,18,23H,1,4-10,17,19H2,2H3. The van der Waals surface area contributed by atoms with E-state index >= 15 is 0 Å². The molecule has 0 unspecified atom stereocenters. The maximum Gasteiger partial charge on any atom is 0.0398 e. The number of rotatable bonds is 7. The quantitative estimate of drug-likeness (QED) is 0.493. The molecule has 0 atom stereocenters. The molecule has 2 nitrogen and oxygen atoms in total. The van der Waals surface area contributed by atoms with Crippen LogP contribution in [-0.2, 0) is 13.0 Å². The van der Waals surface area contributed by atoms with E-state index in [2.05, 4.69) is 65.2 Å². The Morgan fingerprint density at radius 1 is 1.11 bits per heavy atom. The van der Waals surface area contributed by atoms with E-state index in [0.29, 0.717) is 6.04 Å². The van der Waals surface area contributed by atoms with Crippen LogP contribution in [0, 0.1) is 0 Å². The van der Waals surface area contributed by atoms with Crippen LogP contribution in [0.4, 0.5) is 5.69 Å². The van der Waals surface area contributed by atoms with Gasteiger partial charge in [0.2, 0.25) is 0 Å². The summed E-state index contributed by atoms with van der Waals surface area (Å²) in [4.78, 5) is 3.85. The maximum atomic E-state index is 3.87. The van der Waals surface area contributed by atoms with Crippen LogP contribution < -0.4 is 4.90 Å². The molecule has 2 aromatic rings. The fourth-order valence-corrected chi connectivity index (χ4v) is 5.67. The molecule has 0 bridgehead atoms. The SMILES string of the molecule is C=Cc1ccc(SN(Cc2ccc3c(c2)CCCN3CC)C2CCCC2)cc1. The second kappa shape index (κ2) is 9.19. The van der Waals surface area contributed by atoms with E-state index in [4.69, 9.17) is 0 Å². The first-order valence-electron chi connectivity index (χ1n) is 10.8. The molecule has 0 radical (unpaired) electrons. The molecule has 0 spiro atoms. The monoisotopic (exact) mass is 392 g/mol. The third kappa shape index (κ3) is 4.47. The zero-order valence-electron chi connectivity index (χ0n) is 17.1. The minimum absolute atomic E-state index is 0.687. The van der Waals surface area contributed by atoms with E-state index in [1.165, 1.54) is 72.3 Å². The number of fused-ring (bicyclic) bond motifs is 1. The van der Waals surface area contributed by atoms with E-state index in [9.17, 15) is 0 Å². The average molecular weight is 393 g/mol. The molecule has 0 aromatic heterocycles. The third-order valence-corrected chi connectivity index (χ3v) is 7.29. The van der Waals surface area contributed by atoms with E-state index in [0.717, 1.165) is 13.1 Å². The van der Waals surface area contributed by atoms with Crippen molar-refractivity contribution in [3.63, 3.8) is 0 Å². The number of anilines is 1. The van der Waals surface area contributed by atoms with E-state index in [-0.39, 0.29) is 0 Å². The van der Waals surface area contributed by atoms with Crippen LogP contribution in [0.5, 0.6) is 0 Å². The van der Waals surface area contributed by atoms with Gasteiger partial charge >= 0.3 is 0 Å². The second-order valence-electron chi connectivity index (χ2n) is 8.02. The largest absolute Gasteiger partial charge is 0.372 e.